The molecule has 2 atom stereocenters. The maximum atomic E-state index is 11.8. The van der Waals surface area contributed by atoms with Crippen molar-refractivity contribution in [2.24, 2.45) is 0 Å². The van der Waals surface area contributed by atoms with Gasteiger partial charge >= 0.3 is 0 Å². The van der Waals surface area contributed by atoms with Crippen LogP contribution >= 0.6 is 0 Å². The number of amides is 1. The van der Waals surface area contributed by atoms with Crippen molar-refractivity contribution in [2.45, 2.75) is 37.8 Å². The summed E-state index contributed by atoms with van der Waals surface area (Å²) in [5, 5.41) is 16.0. The van der Waals surface area contributed by atoms with Crippen molar-refractivity contribution in [3.8, 4) is 0 Å². The van der Waals surface area contributed by atoms with Gasteiger partial charge in [-0.2, -0.15) is 0 Å². The van der Waals surface area contributed by atoms with Gasteiger partial charge in [0, 0.05) is 26.2 Å². The van der Waals surface area contributed by atoms with Crippen molar-refractivity contribution >= 4 is 5.91 Å². The van der Waals surface area contributed by atoms with Crippen LogP contribution in [0.5, 0.6) is 0 Å². The molecule has 2 aliphatic rings. The van der Waals surface area contributed by atoms with Crippen LogP contribution in [0.15, 0.2) is 0 Å². The largest absolute Gasteiger partial charge is 0.391 e. The first kappa shape index (κ1) is 12.8. The van der Waals surface area contributed by atoms with Gasteiger partial charge in [-0.05, 0) is 12.8 Å². The fourth-order valence-corrected chi connectivity index (χ4v) is 2.60. The molecular formula is C12H23N3O2. The smallest absolute Gasteiger partial charge is 0.234 e. The minimum Gasteiger partial charge on any atom is -0.391 e. The van der Waals surface area contributed by atoms with Gasteiger partial charge in [0.15, 0.2) is 0 Å². The summed E-state index contributed by atoms with van der Waals surface area (Å²) in [4.78, 5) is 14.0. The van der Waals surface area contributed by atoms with Crippen molar-refractivity contribution in [3.63, 3.8) is 0 Å². The van der Waals surface area contributed by atoms with Crippen molar-refractivity contribution < 1.29 is 9.90 Å². The number of hydrogen-bond donors (Lipinski definition) is 3. The van der Waals surface area contributed by atoms with E-state index in [2.05, 4.69) is 15.5 Å². The molecule has 1 heterocycles. The van der Waals surface area contributed by atoms with Gasteiger partial charge in [0.05, 0.1) is 18.7 Å². The monoisotopic (exact) mass is 241 g/mol. The molecule has 1 amide bonds. The standard InChI is InChI=1S/C12H23N3O2/c16-11-4-2-1-3-10(11)14-12(17)9-15-7-5-13-6-8-15/h10-11,13,16H,1-9H2,(H,14,17). The molecule has 2 unspecified atom stereocenters. The Bertz CT molecular complexity index is 254. The molecule has 98 valence electrons. The highest BCUT2D eigenvalue weighted by Gasteiger charge is 2.25. The van der Waals surface area contributed by atoms with Gasteiger partial charge in [0.2, 0.25) is 5.91 Å². The molecule has 3 N–H and O–H groups in total. The molecule has 17 heavy (non-hydrogen) atoms. The first-order chi connectivity index (χ1) is 8.25. The van der Waals surface area contributed by atoms with Crippen LogP contribution in [0.1, 0.15) is 25.7 Å². The Balaban J connectivity index is 1.72. The number of nitrogens with zero attached hydrogens (tertiary/aromatic N) is 1. The normalized spacial score (nSPS) is 31.1. The fourth-order valence-electron chi connectivity index (χ4n) is 2.60. The third-order valence-corrected chi connectivity index (χ3v) is 3.65. The number of hydrogen-bond acceptors (Lipinski definition) is 4. The van der Waals surface area contributed by atoms with Gasteiger partial charge in [-0.1, -0.05) is 12.8 Å². The van der Waals surface area contributed by atoms with Gasteiger partial charge in [0.25, 0.3) is 0 Å². The lowest BCUT2D eigenvalue weighted by molar-refractivity contribution is -0.124. The lowest BCUT2D eigenvalue weighted by Gasteiger charge is -2.30. The molecule has 1 aliphatic carbocycles. The molecule has 1 aliphatic heterocycles. The Morgan fingerprint density at radius 1 is 1.29 bits per heavy atom. The highest BCUT2D eigenvalue weighted by Crippen LogP contribution is 2.18. The van der Waals surface area contributed by atoms with Gasteiger partial charge < -0.3 is 15.7 Å². The predicted octanol–water partition coefficient (Wildman–Crippen LogP) is -0.689. The third kappa shape index (κ3) is 3.94. The summed E-state index contributed by atoms with van der Waals surface area (Å²) < 4.78 is 0. The van der Waals surface area contributed by atoms with Crippen LogP contribution in [0.3, 0.4) is 0 Å². The second-order valence-corrected chi connectivity index (χ2v) is 5.05. The topological polar surface area (TPSA) is 64.6 Å². The van der Waals surface area contributed by atoms with E-state index >= 15 is 0 Å². The van der Waals surface area contributed by atoms with E-state index in [1.807, 2.05) is 0 Å². The van der Waals surface area contributed by atoms with Crippen molar-refractivity contribution in [3.05, 3.63) is 0 Å². The van der Waals surface area contributed by atoms with Crippen LogP contribution in [0.4, 0.5) is 0 Å². The van der Waals surface area contributed by atoms with E-state index in [-0.39, 0.29) is 18.1 Å². The lowest BCUT2D eigenvalue weighted by atomic mass is 9.92. The SMILES string of the molecule is O=C(CN1CCNCC1)NC1CCCCC1O. The quantitative estimate of drug-likeness (QED) is 0.612. The average molecular weight is 241 g/mol. The second kappa shape index (κ2) is 6.33. The Labute approximate surface area is 103 Å². The van der Waals surface area contributed by atoms with Crippen LogP contribution in [0, 0.1) is 0 Å². The molecule has 0 aromatic carbocycles. The number of aliphatic hydroxyl groups excluding tert-OH is 1. The maximum Gasteiger partial charge on any atom is 0.234 e. The van der Waals surface area contributed by atoms with Gasteiger partial charge in [-0.25, -0.2) is 0 Å². The molecule has 5 nitrogen and oxygen atoms in total. The number of rotatable bonds is 3. The molecule has 0 spiro atoms. The summed E-state index contributed by atoms with van der Waals surface area (Å²) in [6, 6.07) is -0.0286. The van der Waals surface area contributed by atoms with E-state index in [1.165, 1.54) is 0 Å². The molecule has 1 saturated carbocycles. The number of piperazine rings is 1. The van der Waals surface area contributed by atoms with Gasteiger partial charge in [-0.3, -0.25) is 9.69 Å². The van der Waals surface area contributed by atoms with Crippen molar-refractivity contribution in [1.82, 2.24) is 15.5 Å². The number of aliphatic hydroxyl groups is 1. The van der Waals surface area contributed by atoms with Crippen molar-refractivity contribution in [1.29, 1.82) is 0 Å². The minimum absolute atomic E-state index is 0.0286. The summed E-state index contributed by atoms with van der Waals surface area (Å²) >= 11 is 0. The van der Waals surface area contributed by atoms with Crippen molar-refractivity contribution in [2.75, 3.05) is 32.7 Å². The lowest BCUT2D eigenvalue weighted by Crippen LogP contribution is -2.51. The maximum absolute atomic E-state index is 11.8. The highest BCUT2D eigenvalue weighted by molar-refractivity contribution is 5.78. The zero-order valence-electron chi connectivity index (χ0n) is 10.3. The summed E-state index contributed by atoms with van der Waals surface area (Å²) in [5.74, 6) is 0.0536. The van der Waals surface area contributed by atoms with E-state index < -0.39 is 0 Å². The minimum atomic E-state index is -0.351. The van der Waals surface area contributed by atoms with Crippen LogP contribution < -0.4 is 10.6 Å². The summed E-state index contributed by atoms with van der Waals surface area (Å²) in [7, 11) is 0. The molecule has 0 aromatic heterocycles. The molecule has 2 fully saturated rings. The second-order valence-electron chi connectivity index (χ2n) is 5.05. The Hall–Kier alpha value is -0.650. The predicted molar refractivity (Wildman–Crippen MR) is 65.7 cm³/mol. The summed E-state index contributed by atoms with van der Waals surface area (Å²) in [6.45, 7) is 4.24. The van der Waals surface area contributed by atoms with E-state index in [4.69, 9.17) is 0 Å². The molecule has 0 radical (unpaired) electrons. The number of carbonyl (C=O) groups is 1. The van der Waals surface area contributed by atoms with Crippen LogP contribution in [0.2, 0.25) is 0 Å². The van der Waals surface area contributed by atoms with Crippen LogP contribution in [-0.4, -0.2) is 60.8 Å². The Kier molecular flexibility index (Phi) is 4.76. The highest BCUT2D eigenvalue weighted by atomic mass is 16.3. The van der Waals surface area contributed by atoms with E-state index in [1.54, 1.807) is 0 Å². The van der Waals surface area contributed by atoms with E-state index in [9.17, 15) is 9.90 Å². The Morgan fingerprint density at radius 3 is 2.71 bits per heavy atom. The number of carbonyl (C=O) groups excluding carboxylic acids is 1. The van der Waals surface area contributed by atoms with E-state index in [0.717, 1.165) is 51.9 Å². The average Bonchev–Trinajstić information content (AvgIpc) is 2.33. The third-order valence-electron chi connectivity index (χ3n) is 3.65. The molecular weight excluding hydrogens is 218 g/mol. The molecule has 1 saturated heterocycles. The van der Waals surface area contributed by atoms with Gasteiger partial charge in [0.1, 0.15) is 0 Å². The zero-order valence-corrected chi connectivity index (χ0v) is 10.3. The zero-order chi connectivity index (χ0) is 12.1. The molecule has 5 heteroatoms. The first-order valence-electron chi connectivity index (χ1n) is 6.66. The van der Waals surface area contributed by atoms with E-state index in [0.29, 0.717) is 6.54 Å². The molecule has 0 bridgehead atoms. The fraction of sp³-hybridized carbons (Fsp3) is 0.917. The van der Waals surface area contributed by atoms with Crippen LogP contribution in [-0.2, 0) is 4.79 Å². The summed E-state index contributed by atoms with van der Waals surface area (Å²) in [6.07, 6.45) is 3.56. The molecule has 2 rings (SSSR count). The molecule has 0 aromatic rings. The van der Waals surface area contributed by atoms with Crippen LogP contribution in [0.25, 0.3) is 0 Å². The van der Waals surface area contributed by atoms with Gasteiger partial charge in [-0.15, -0.1) is 0 Å². The summed E-state index contributed by atoms with van der Waals surface area (Å²) in [5.41, 5.74) is 0. The first-order valence-corrected chi connectivity index (χ1v) is 6.66. The Morgan fingerprint density at radius 2 is 2.00 bits per heavy atom. The number of nitrogens with one attached hydrogen (secondary N) is 2.